The first-order chi connectivity index (χ1) is 13.0. The summed E-state index contributed by atoms with van der Waals surface area (Å²) in [7, 11) is 0. The molecule has 1 aliphatic carbocycles. The topological polar surface area (TPSA) is 64.0 Å². The Kier molecular flexibility index (Phi) is 4.83. The number of nitrogens with one attached hydrogen (secondary N) is 1. The van der Waals surface area contributed by atoms with Crippen LogP contribution in [0.25, 0.3) is 10.9 Å². The summed E-state index contributed by atoms with van der Waals surface area (Å²) in [6.45, 7) is 1.52. The van der Waals surface area contributed by atoms with Crippen molar-refractivity contribution in [1.82, 2.24) is 9.78 Å². The largest absolute Gasteiger partial charge is 0.322 e. The monoisotopic (exact) mass is 425 g/mol. The molecule has 1 saturated carbocycles. The van der Waals surface area contributed by atoms with Gasteiger partial charge < -0.3 is 5.32 Å². The summed E-state index contributed by atoms with van der Waals surface area (Å²) >= 11 is 3.53. The second kappa shape index (κ2) is 7.27. The van der Waals surface area contributed by atoms with Crippen LogP contribution in [0.1, 0.15) is 59.4 Å². The van der Waals surface area contributed by atoms with Crippen molar-refractivity contribution in [3.63, 3.8) is 0 Å². The van der Waals surface area contributed by atoms with E-state index in [0.717, 1.165) is 28.2 Å². The summed E-state index contributed by atoms with van der Waals surface area (Å²) < 4.78 is 2.91. The van der Waals surface area contributed by atoms with Crippen molar-refractivity contribution in [3.05, 3.63) is 58.2 Å². The van der Waals surface area contributed by atoms with Crippen molar-refractivity contribution >= 4 is 44.2 Å². The van der Waals surface area contributed by atoms with Crippen molar-refractivity contribution in [2.45, 2.75) is 38.6 Å². The van der Waals surface area contributed by atoms with Gasteiger partial charge in [-0.1, -0.05) is 28.8 Å². The fraction of sp³-hybridized carbons (Fsp3) is 0.286. The molecule has 0 atom stereocenters. The lowest BCUT2D eigenvalue weighted by Crippen LogP contribution is -2.13. The Morgan fingerprint density at radius 1 is 1.15 bits per heavy atom. The highest BCUT2D eigenvalue weighted by atomic mass is 79.9. The molecule has 3 aromatic rings. The molecule has 1 aromatic heterocycles. The Morgan fingerprint density at radius 3 is 2.52 bits per heavy atom. The minimum absolute atomic E-state index is 0.000835. The summed E-state index contributed by atoms with van der Waals surface area (Å²) in [4.78, 5) is 24.3. The number of carbonyl (C=O) groups excluding carboxylic acids is 2. The number of anilines is 1. The maximum atomic E-state index is 12.9. The fourth-order valence-corrected chi connectivity index (χ4v) is 4.17. The van der Waals surface area contributed by atoms with Gasteiger partial charge in [0.05, 0.1) is 23.3 Å². The van der Waals surface area contributed by atoms with Gasteiger partial charge in [-0.25, -0.2) is 0 Å². The number of amides is 1. The zero-order valence-corrected chi connectivity index (χ0v) is 16.6. The van der Waals surface area contributed by atoms with Gasteiger partial charge in [0, 0.05) is 21.1 Å². The van der Waals surface area contributed by atoms with Gasteiger partial charge in [-0.05, 0) is 56.2 Å². The Hall–Kier alpha value is -2.47. The van der Waals surface area contributed by atoms with Crippen LogP contribution in [0.4, 0.5) is 5.69 Å². The lowest BCUT2D eigenvalue weighted by molar-refractivity contribution is 0.101. The van der Waals surface area contributed by atoms with Crippen molar-refractivity contribution in [1.29, 1.82) is 0 Å². The van der Waals surface area contributed by atoms with E-state index in [-0.39, 0.29) is 11.7 Å². The first kappa shape index (κ1) is 17.9. The average molecular weight is 426 g/mol. The summed E-state index contributed by atoms with van der Waals surface area (Å²) in [6, 6.07) is 11.2. The number of Topliss-reactive ketones (excluding diaryl/α,β-unsaturated/α-hetero) is 1. The smallest absolute Gasteiger partial charge is 0.256 e. The molecule has 1 aliphatic rings. The van der Waals surface area contributed by atoms with E-state index < -0.39 is 0 Å². The fourth-order valence-electron chi connectivity index (χ4n) is 3.73. The molecule has 1 amide bonds. The molecule has 0 bridgehead atoms. The van der Waals surface area contributed by atoms with Crippen molar-refractivity contribution in [2.75, 3.05) is 5.32 Å². The molecule has 138 valence electrons. The van der Waals surface area contributed by atoms with E-state index in [4.69, 9.17) is 0 Å². The van der Waals surface area contributed by atoms with Crippen LogP contribution in [0, 0.1) is 0 Å². The third-order valence-electron chi connectivity index (χ3n) is 5.15. The maximum absolute atomic E-state index is 12.9. The second-order valence-electron chi connectivity index (χ2n) is 7.00. The second-order valence-corrected chi connectivity index (χ2v) is 7.92. The number of fused-ring (bicyclic) bond motifs is 1. The zero-order valence-electron chi connectivity index (χ0n) is 15.0. The molecule has 0 unspecified atom stereocenters. The third kappa shape index (κ3) is 3.54. The van der Waals surface area contributed by atoms with E-state index in [0.29, 0.717) is 22.9 Å². The van der Waals surface area contributed by atoms with Crippen molar-refractivity contribution in [3.8, 4) is 0 Å². The van der Waals surface area contributed by atoms with E-state index in [1.54, 1.807) is 30.5 Å². The van der Waals surface area contributed by atoms with Crippen LogP contribution in [-0.2, 0) is 0 Å². The quantitative estimate of drug-likeness (QED) is 0.571. The number of nitrogens with zero attached hydrogens (tertiary/aromatic N) is 2. The maximum Gasteiger partial charge on any atom is 0.256 e. The normalized spacial score (nSPS) is 14.6. The van der Waals surface area contributed by atoms with E-state index in [2.05, 4.69) is 31.0 Å². The van der Waals surface area contributed by atoms with Gasteiger partial charge in [0.25, 0.3) is 5.91 Å². The van der Waals surface area contributed by atoms with Crippen molar-refractivity contribution < 1.29 is 9.59 Å². The summed E-state index contributed by atoms with van der Waals surface area (Å²) in [5.74, 6) is -0.191. The minimum Gasteiger partial charge on any atom is -0.322 e. The first-order valence-electron chi connectivity index (χ1n) is 9.12. The third-order valence-corrected chi connectivity index (χ3v) is 5.60. The van der Waals surface area contributed by atoms with Crippen LogP contribution < -0.4 is 5.32 Å². The standard InChI is InChI=1S/C21H20BrN3O2/c1-13(26)14-6-8-16(9-7-14)24-21(27)18-10-15(22)11-20-19(18)12-23-25(20)17-4-2-3-5-17/h6-12,17H,2-5H2,1H3,(H,24,27). The Balaban J connectivity index is 1.66. The molecule has 27 heavy (non-hydrogen) atoms. The molecule has 5 nitrogen and oxygen atoms in total. The molecular formula is C21H20BrN3O2. The molecule has 0 saturated heterocycles. The summed E-state index contributed by atoms with van der Waals surface area (Å²) in [5, 5.41) is 8.34. The van der Waals surface area contributed by atoms with Gasteiger partial charge >= 0.3 is 0 Å². The van der Waals surface area contributed by atoms with E-state index >= 15 is 0 Å². The van der Waals surface area contributed by atoms with Crippen LogP contribution >= 0.6 is 15.9 Å². The zero-order chi connectivity index (χ0) is 19.0. The molecule has 6 heteroatoms. The number of benzene rings is 2. The Bertz CT molecular complexity index is 1020. The molecule has 0 aliphatic heterocycles. The van der Waals surface area contributed by atoms with E-state index in [1.165, 1.54) is 19.8 Å². The predicted octanol–water partition coefficient (Wildman–Crippen LogP) is 5.37. The minimum atomic E-state index is -0.192. The molecular weight excluding hydrogens is 406 g/mol. The van der Waals surface area contributed by atoms with Crippen molar-refractivity contribution in [2.24, 2.45) is 0 Å². The molecule has 2 aromatic carbocycles. The lowest BCUT2D eigenvalue weighted by Gasteiger charge is -2.12. The number of aromatic nitrogens is 2. The Morgan fingerprint density at radius 2 is 1.85 bits per heavy atom. The van der Waals surface area contributed by atoms with Gasteiger partial charge in [0.1, 0.15) is 0 Å². The number of hydrogen-bond acceptors (Lipinski definition) is 3. The highest BCUT2D eigenvalue weighted by molar-refractivity contribution is 9.10. The SMILES string of the molecule is CC(=O)c1ccc(NC(=O)c2cc(Br)cc3c2cnn3C2CCCC2)cc1. The molecule has 0 spiro atoms. The molecule has 1 N–H and O–H groups in total. The molecule has 4 rings (SSSR count). The van der Waals surface area contributed by atoms with Crippen LogP contribution in [0.3, 0.4) is 0 Å². The summed E-state index contributed by atoms with van der Waals surface area (Å²) in [6.07, 6.45) is 6.50. The lowest BCUT2D eigenvalue weighted by atomic mass is 10.1. The van der Waals surface area contributed by atoms with Gasteiger partial charge in [0.2, 0.25) is 0 Å². The number of carbonyl (C=O) groups is 2. The van der Waals surface area contributed by atoms with Gasteiger partial charge in [-0.15, -0.1) is 0 Å². The van der Waals surface area contributed by atoms with Crippen LogP contribution in [0.15, 0.2) is 47.1 Å². The van der Waals surface area contributed by atoms with Crippen LogP contribution in [0.5, 0.6) is 0 Å². The average Bonchev–Trinajstić information content (AvgIpc) is 3.30. The van der Waals surface area contributed by atoms with Gasteiger partial charge in [-0.2, -0.15) is 5.10 Å². The van der Waals surface area contributed by atoms with E-state index in [9.17, 15) is 9.59 Å². The Labute approximate surface area is 165 Å². The number of hydrogen-bond donors (Lipinski definition) is 1. The highest BCUT2D eigenvalue weighted by Crippen LogP contribution is 2.33. The molecule has 1 fully saturated rings. The predicted molar refractivity (Wildman–Crippen MR) is 109 cm³/mol. The van der Waals surface area contributed by atoms with Gasteiger partial charge in [-0.3, -0.25) is 14.3 Å². The van der Waals surface area contributed by atoms with Gasteiger partial charge in [0.15, 0.2) is 5.78 Å². The van der Waals surface area contributed by atoms with Crippen LogP contribution in [0.2, 0.25) is 0 Å². The number of halogens is 1. The highest BCUT2D eigenvalue weighted by Gasteiger charge is 2.22. The summed E-state index contributed by atoms with van der Waals surface area (Å²) in [5.41, 5.74) is 2.84. The molecule has 0 radical (unpaired) electrons. The van der Waals surface area contributed by atoms with E-state index in [1.807, 2.05) is 12.1 Å². The number of rotatable bonds is 4. The first-order valence-corrected chi connectivity index (χ1v) is 9.91. The molecule has 1 heterocycles. The van der Waals surface area contributed by atoms with Crippen LogP contribution in [-0.4, -0.2) is 21.5 Å². The number of ketones is 1.